The molecule has 0 spiro atoms. The van der Waals surface area contributed by atoms with Crippen molar-refractivity contribution in [3.8, 4) is 0 Å². The van der Waals surface area contributed by atoms with E-state index in [1.807, 2.05) is 23.6 Å². The van der Waals surface area contributed by atoms with Crippen molar-refractivity contribution in [2.75, 3.05) is 5.32 Å². The number of nitrogens with one attached hydrogen (secondary N) is 1. The van der Waals surface area contributed by atoms with Crippen LogP contribution in [0.1, 0.15) is 15.2 Å². The molecule has 0 aliphatic carbocycles. The van der Waals surface area contributed by atoms with E-state index in [0.717, 1.165) is 14.6 Å². The molecule has 0 unspecified atom stereocenters. The van der Waals surface area contributed by atoms with Crippen LogP contribution in [0.15, 0.2) is 50.6 Å². The van der Waals surface area contributed by atoms with Gasteiger partial charge in [-0.05, 0) is 27.6 Å². The van der Waals surface area contributed by atoms with Crippen molar-refractivity contribution < 1.29 is 4.79 Å². The predicted molar refractivity (Wildman–Crippen MR) is 95.9 cm³/mol. The monoisotopic (exact) mass is 411 g/mol. The van der Waals surface area contributed by atoms with Gasteiger partial charge in [0.1, 0.15) is 0 Å². The maximum atomic E-state index is 12.0. The highest BCUT2D eigenvalue weighted by Gasteiger charge is 2.12. The number of carbonyl (C=O) groups is 1. The summed E-state index contributed by atoms with van der Waals surface area (Å²) in [5.74, 6) is 0.674. The highest BCUT2D eigenvalue weighted by Crippen LogP contribution is 2.29. The Morgan fingerprint density at radius 3 is 2.82 bits per heavy atom. The first-order valence-electron chi connectivity index (χ1n) is 6.26. The number of anilines is 1. The Labute approximate surface area is 148 Å². The molecule has 1 N–H and O–H groups in total. The van der Waals surface area contributed by atoms with Gasteiger partial charge in [0.15, 0.2) is 4.34 Å². The van der Waals surface area contributed by atoms with Crippen molar-refractivity contribution in [2.24, 2.45) is 0 Å². The van der Waals surface area contributed by atoms with E-state index in [0.29, 0.717) is 10.0 Å². The topological polar surface area (TPSA) is 54.9 Å². The average molecular weight is 412 g/mol. The van der Waals surface area contributed by atoms with Crippen LogP contribution < -0.4 is 5.32 Å². The number of hydrogen-bond acceptors (Lipinski definition) is 6. The first-order valence-corrected chi connectivity index (χ1v) is 9.74. The molecule has 0 fully saturated rings. The van der Waals surface area contributed by atoms with Gasteiger partial charge in [-0.25, -0.2) is 0 Å². The van der Waals surface area contributed by atoms with E-state index < -0.39 is 0 Å². The number of nitrogens with zero attached hydrogens (tertiary/aromatic N) is 2. The SMILES string of the molecule is O=C(Nc1nnc(SCc2ccccc2)s1)c1cc(Br)cs1. The van der Waals surface area contributed by atoms with Crippen molar-refractivity contribution >= 4 is 61.4 Å². The minimum absolute atomic E-state index is 0.161. The third-order valence-electron chi connectivity index (χ3n) is 2.62. The van der Waals surface area contributed by atoms with Crippen LogP contribution in [0.5, 0.6) is 0 Å². The second-order valence-corrected chi connectivity index (χ2v) is 8.26. The van der Waals surface area contributed by atoms with Crippen LogP contribution in [0.3, 0.4) is 0 Å². The van der Waals surface area contributed by atoms with Gasteiger partial charge in [0.25, 0.3) is 5.91 Å². The Balaban J connectivity index is 1.58. The fraction of sp³-hybridized carbons (Fsp3) is 0.0714. The van der Waals surface area contributed by atoms with Gasteiger partial charge in [-0.15, -0.1) is 21.5 Å². The summed E-state index contributed by atoms with van der Waals surface area (Å²) in [7, 11) is 0. The Hall–Kier alpha value is -1.22. The van der Waals surface area contributed by atoms with Gasteiger partial charge in [-0.3, -0.25) is 10.1 Å². The third kappa shape index (κ3) is 4.16. The average Bonchev–Trinajstić information content (AvgIpc) is 3.15. The summed E-state index contributed by atoms with van der Waals surface area (Å²) < 4.78 is 1.74. The molecule has 0 radical (unpaired) electrons. The lowest BCUT2D eigenvalue weighted by Gasteiger charge is -1.97. The molecule has 0 bridgehead atoms. The number of thioether (sulfide) groups is 1. The van der Waals surface area contributed by atoms with E-state index in [1.54, 1.807) is 17.8 Å². The number of rotatable bonds is 5. The van der Waals surface area contributed by atoms with Gasteiger partial charge < -0.3 is 0 Å². The molecule has 112 valence electrons. The molecule has 2 heterocycles. The zero-order valence-corrected chi connectivity index (χ0v) is 15.2. The van der Waals surface area contributed by atoms with E-state index in [1.165, 1.54) is 28.2 Å². The number of aromatic nitrogens is 2. The molecule has 0 atom stereocenters. The minimum atomic E-state index is -0.161. The molecule has 3 aromatic rings. The summed E-state index contributed by atoms with van der Waals surface area (Å²) >= 11 is 7.71. The van der Waals surface area contributed by atoms with Gasteiger partial charge in [-0.2, -0.15) is 0 Å². The molecule has 2 aromatic heterocycles. The second kappa shape index (κ2) is 7.36. The lowest BCUT2D eigenvalue weighted by Crippen LogP contribution is -2.09. The molecule has 1 aromatic carbocycles. The maximum absolute atomic E-state index is 12.0. The van der Waals surface area contributed by atoms with Crippen LogP contribution in [0, 0.1) is 0 Å². The Morgan fingerprint density at radius 1 is 1.27 bits per heavy atom. The first-order chi connectivity index (χ1) is 10.7. The normalized spacial score (nSPS) is 10.6. The Kier molecular flexibility index (Phi) is 5.24. The molecular weight excluding hydrogens is 402 g/mol. The zero-order chi connectivity index (χ0) is 15.4. The largest absolute Gasteiger partial charge is 0.296 e. The van der Waals surface area contributed by atoms with Crippen LogP contribution in [0.4, 0.5) is 5.13 Å². The van der Waals surface area contributed by atoms with Crippen LogP contribution in [0.25, 0.3) is 0 Å². The summed E-state index contributed by atoms with van der Waals surface area (Å²) in [4.78, 5) is 12.7. The molecule has 0 aliphatic rings. The maximum Gasteiger partial charge on any atom is 0.267 e. The van der Waals surface area contributed by atoms with Crippen molar-refractivity contribution in [3.63, 3.8) is 0 Å². The summed E-state index contributed by atoms with van der Waals surface area (Å²) in [5.41, 5.74) is 1.23. The van der Waals surface area contributed by atoms with Crippen molar-refractivity contribution in [2.45, 2.75) is 10.1 Å². The molecule has 0 saturated carbocycles. The van der Waals surface area contributed by atoms with E-state index in [2.05, 4.69) is 43.6 Å². The van der Waals surface area contributed by atoms with E-state index in [9.17, 15) is 4.79 Å². The van der Waals surface area contributed by atoms with Gasteiger partial charge in [0.05, 0.1) is 4.88 Å². The lowest BCUT2D eigenvalue weighted by molar-refractivity contribution is 0.103. The number of halogens is 1. The first kappa shape index (κ1) is 15.7. The third-order valence-corrected chi connectivity index (χ3v) is 6.36. The highest BCUT2D eigenvalue weighted by atomic mass is 79.9. The standard InChI is InChI=1S/C14H10BrN3OS3/c15-10-6-11(20-8-10)12(19)16-13-17-18-14(22-13)21-7-9-4-2-1-3-5-9/h1-6,8H,7H2,(H,16,17,19). The fourth-order valence-corrected chi connectivity index (χ4v) is 4.65. The molecule has 3 rings (SSSR count). The van der Waals surface area contributed by atoms with Gasteiger partial charge in [0, 0.05) is 15.6 Å². The quantitative estimate of drug-likeness (QED) is 0.478. The van der Waals surface area contributed by atoms with Crippen LogP contribution in [-0.4, -0.2) is 16.1 Å². The molecule has 4 nitrogen and oxygen atoms in total. The predicted octanol–water partition coefficient (Wildman–Crippen LogP) is 4.91. The molecule has 0 saturated heterocycles. The lowest BCUT2D eigenvalue weighted by atomic mass is 10.2. The summed E-state index contributed by atoms with van der Waals surface area (Å²) in [6.07, 6.45) is 0. The van der Waals surface area contributed by atoms with Gasteiger partial charge >= 0.3 is 0 Å². The molecule has 22 heavy (non-hydrogen) atoms. The molecular formula is C14H10BrN3OS3. The van der Waals surface area contributed by atoms with Crippen molar-refractivity contribution in [1.29, 1.82) is 0 Å². The highest BCUT2D eigenvalue weighted by molar-refractivity contribution is 9.10. The molecule has 8 heteroatoms. The van der Waals surface area contributed by atoms with Gasteiger partial charge in [0.2, 0.25) is 5.13 Å². The summed E-state index contributed by atoms with van der Waals surface area (Å²) in [6, 6.07) is 12.0. The van der Waals surface area contributed by atoms with Crippen LogP contribution >= 0.6 is 50.4 Å². The van der Waals surface area contributed by atoms with Gasteiger partial charge in [-0.1, -0.05) is 53.4 Å². The van der Waals surface area contributed by atoms with E-state index in [-0.39, 0.29) is 5.91 Å². The van der Waals surface area contributed by atoms with E-state index in [4.69, 9.17) is 0 Å². The summed E-state index contributed by atoms with van der Waals surface area (Å²) in [6.45, 7) is 0. The number of hydrogen-bond donors (Lipinski definition) is 1. The minimum Gasteiger partial charge on any atom is -0.296 e. The van der Waals surface area contributed by atoms with Crippen molar-refractivity contribution in [3.05, 3.63) is 56.7 Å². The number of thiophene rings is 1. The number of benzene rings is 1. The van der Waals surface area contributed by atoms with Crippen LogP contribution in [-0.2, 0) is 5.75 Å². The number of carbonyl (C=O) groups excluding carboxylic acids is 1. The number of amides is 1. The zero-order valence-electron chi connectivity index (χ0n) is 11.2. The fourth-order valence-electron chi connectivity index (χ4n) is 1.63. The Morgan fingerprint density at radius 2 is 2.09 bits per heavy atom. The van der Waals surface area contributed by atoms with E-state index >= 15 is 0 Å². The second-order valence-electron chi connectivity index (χ2n) is 4.23. The molecule has 0 aliphatic heterocycles. The summed E-state index contributed by atoms with van der Waals surface area (Å²) in [5, 5.41) is 13.3. The smallest absolute Gasteiger partial charge is 0.267 e. The Bertz CT molecular complexity index is 773. The van der Waals surface area contributed by atoms with Crippen molar-refractivity contribution in [1.82, 2.24) is 10.2 Å². The van der Waals surface area contributed by atoms with Crippen LogP contribution in [0.2, 0.25) is 0 Å². The molecule has 1 amide bonds.